The van der Waals surface area contributed by atoms with Gasteiger partial charge in [0.05, 0.1) is 32.9 Å². The van der Waals surface area contributed by atoms with E-state index in [1.807, 2.05) is 0 Å². The number of nitrogens with zero attached hydrogens (tertiary/aromatic N) is 4. The number of rotatable bonds is 2. The van der Waals surface area contributed by atoms with Crippen molar-refractivity contribution < 1.29 is 0 Å². The second-order valence-electron chi connectivity index (χ2n) is 6.25. The number of fused-ring (bicyclic) bond motifs is 2. The largest absolute Gasteiger partial charge is 0.268 e. The Labute approximate surface area is 155 Å². The van der Waals surface area contributed by atoms with E-state index in [1.165, 1.54) is 61.2 Å². The molecule has 0 saturated carbocycles. The Morgan fingerprint density at radius 3 is 1.07 bits per heavy atom. The van der Waals surface area contributed by atoms with Gasteiger partial charge in [-0.1, -0.05) is 0 Å². The van der Waals surface area contributed by atoms with Crippen LogP contribution in [0.2, 0.25) is 0 Å². The summed E-state index contributed by atoms with van der Waals surface area (Å²) >= 11 is 0. The smallest absolute Gasteiger partial charge is 0.266 e. The molecular formula is C20H10N4O4. The molecule has 8 nitrogen and oxygen atoms in total. The molecule has 0 fully saturated rings. The van der Waals surface area contributed by atoms with Crippen LogP contribution in [0, 0.1) is 0 Å². The number of aromatic nitrogens is 4. The highest BCUT2D eigenvalue weighted by Crippen LogP contribution is 2.16. The van der Waals surface area contributed by atoms with Gasteiger partial charge in [-0.3, -0.25) is 29.1 Å². The van der Waals surface area contributed by atoms with Crippen molar-refractivity contribution in [2.75, 3.05) is 0 Å². The van der Waals surface area contributed by atoms with Gasteiger partial charge < -0.3 is 0 Å². The van der Waals surface area contributed by atoms with Crippen molar-refractivity contribution in [3.63, 3.8) is 0 Å². The summed E-state index contributed by atoms with van der Waals surface area (Å²) in [5.74, 6) is 0. The van der Waals surface area contributed by atoms with Gasteiger partial charge in [0.2, 0.25) is 0 Å². The normalized spacial score (nSPS) is 11.4. The third kappa shape index (κ3) is 2.05. The molecule has 0 atom stereocenters. The van der Waals surface area contributed by atoms with Gasteiger partial charge in [0.25, 0.3) is 22.2 Å². The van der Waals surface area contributed by atoms with E-state index in [4.69, 9.17) is 0 Å². The molecule has 1 aromatic carbocycles. The molecule has 4 heterocycles. The van der Waals surface area contributed by atoms with Crippen molar-refractivity contribution >= 4 is 21.5 Å². The first kappa shape index (κ1) is 16.0. The van der Waals surface area contributed by atoms with E-state index in [-0.39, 0.29) is 21.5 Å². The van der Waals surface area contributed by atoms with Crippen LogP contribution in [-0.2, 0) is 0 Å². The SMILES string of the molecule is O=c1c2cc3c(=O)n(-c4ccncc4)c(=O)c3cc2c(=O)n1-c1ccncc1. The van der Waals surface area contributed by atoms with Crippen molar-refractivity contribution in [1.29, 1.82) is 0 Å². The quantitative estimate of drug-likeness (QED) is 0.453. The average molecular weight is 370 g/mol. The van der Waals surface area contributed by atoms with Crippen molar-refractivity contribution in [3.05, 3.63) is 103 Å². The van der Waals surface area contributed by atoms with Gasteiger partial charge in [-0.15, -0.1) is 0 Å². The number of hydrogen-bond acceptors (Lipinski definition) is 6. The summed E-state index contributed by atoms with van der Waals surface area (Å²) in [6.07, 6.45) is 5.88. The third-order valence-electron chi connectivity index (χ3n) is 4.73. The number of pyridine rings is 2. The Morgan fingerprint density at radius 2 is 0.786 bits per heavy atom. The highest BCUT2D eigenvalue weighted by atomic mass is 16.2. The third-order valence-corrected chi connectivity index (χ3v) is 4.73. The molecule has 0 aliphatic carbocycles. The Hall–Kier alpha value is -4.20. The maximum Gasteiger partial charge on any atom is 0.266 e. The minimum absolute atomic E-state index is 0.0956. The van der Waals surface area contributed by atoms with E-state index in [0.29, 0.717) is 11.4 Å². The highest BCUT2D eigenvalue weighted by molar-refractivity contribution is 5.98. The van der Waals surface area contributed by atoms with Gasteiger partial charge in [0, 0.05) is 24.8 Å². The molecule has 4 aromatic heterocycles. The van der Waals surface area contributed by atoms with E-state index in [1.54, 1.807) is 0 Å². The zero-order valence-corrected chi connectivity index (χ0v) is 14.2. The first-order valence-corrected chi connectivity index (χ1v) is 8.33. The Kier molecular flexibility index (Phi) is 3.23. The molecule has 134 valence electrons. The predicted molar refractivity (Wildman–Crippen MR) is 103 cm³/mol. The predicted octanol–water partition coefficient (Wildman–Crippen LogP) is 0.681. The van der Waals surface area contributed by atoms with E-state index < -0.39 is 22.2 Å². The van der Waals surface area contributed by atoms with Crippen LogP contribution in [0.15, 0.2) is 80.4 Å². The topological polar surface area (TPSA) is 104 Å². The second kappa shape index (κ2) is 5.65. The Morgan fingerprint density at radius 1 is 0.500 bits per heavy atom. The summed E-state index contributed by atoms with van der Waals surface area (Å²) in [5, 5.41) is 0.383. The molecule has 0 unspecified atom stereocenters. The molecule has 0 bridgehead atoms. The summed E-state index contributed by atoms with van der Waals surface area (Å²) in [7, 11) is 0. The summed E-state index contributed by atoms with van der Waals surface area (Å²) in [4.78, 5) is 59.0. The second-order valence-corrected chi connectivity index (χ2v) is 6.25. The fourth-order valence-electron chi connectivity index (χ4n) is 3.43. The van der Waals surface area contributed by atoms with E-state index >= 15 is 0 Å². The molecular weight excluding hydrogens is 360 g/mol. The van der Waals surface area contributed by atoms with Gasteiger partial charge in [0.15, 0.2) is 0 Å². The Bertz CT molecular complexity index is 1380. The summed E-state index contributed by atoms with van der Waals surface area (Å²) in [6, 6.07) is 8.81. The van der Waals surface area contributed by atoms with Crippen LogP contribution in [0.25, 0.3) is 32.9 Å². The standard InChI is InChI=1S/C20H10N4O4/c25-17-13-9-15-16(20(28)24(19(15)27)12-3-7-22-8-4-12)10-14(13)18(26)23(17)11-1-5-21-6-2-11/h1-10H. The lowest BCUT2D eigenvalue weighted by molar-refractivity contribution is 0.982. The van der Waals surface area contributed by atoms with Crippen LogP contribution >= 0.6 is 0 Å². The fourth-order valence-corrected chi connectivity index (χ4v) is 3.43. The minimum atomic E-state index is -0.545. The van der Waals surface area contributed by atoms with Crippen molar-refractivity contribution in [2.24, 2.45) is 0 Å². The lowest BCUT2D eigenvalue weighted by atomic mass is 10.1. The summed E-state index contributed by atoms with van der Waals surface area (Å²) in [5.41, 5.74) is -1.43. The minimum Gasteiger partial charge on any atom is -0.268 e. The first-order valence-electron chi connectivity index (χ1n) is 8.33. The number of benzene rings is 1. The van der Waals surface area contributed by atoms with Crippen LogP contribution in [0.4, 0.5) is 0 Å². The molecule has 5 aromatic rings. The fraction of sp³-hybridized carbons (Fsp3) is 0. The number of hydrogen-bond donors (Lipinski definition) is 0. The molecule has 8 heteroatoms. The zero-order valence-electron chi connectivity index (χ0n) is 14.2. The van der Waals surface area contributed by atoms with Crippen molar-refractivity contribution in [3.8, 4) is 11.4 Å². The molecule has 0 spiro atoms. The molecule has 0 saturated heterocycles. The van der Waals surface area contributed by atoms with Gasteiger partial charge in [0.1, 0.15) is 0 Å². The highest BCUT2D eigenvalue weighted by Gasteiger charge is 2.20. The van der Waals surface area contributed by atoms with Crippen LogP contribution in [0.3, 0.4) is 0 Å². The van der Waals surface area contributed by atoms with E-state index in [9.17, 15) is 19.2 Å². The Balaban J connectivity index is 1.89. The monoisotopic (exact) mass is 370 g/mol. The van der Waals surface area contributed by atoms with E-state index in [2.05, 4.69) is 9.97 Å². The zero-order chi connectivity index (χ0) is 19.4. The first-order chi connectivity index (χ1) is 13.6. The lowest BCUT2D eigenvalue weighted by Gasteiger charge is -1.97. The molecule has 0 aliphatic heterocycles. The van der Waals surface area contributed by atoms with Gasteiger partial charge >= 0.3 is 0 Å². The van der Waals surface area contributed by atoms with Gasteiger partial charge in [-0.05, 0) is 36.4 Å². The molecule has 5 rings (SSSR count). The van der Waals surface area contributed by atoms with Gasteiger partial charge in [-0.2, -0.15) is 0 Å². The lowest BCUT2D eigenvalue weighted by Crippen LogP contribution is -2.24. The van der Waals surface area contributed by atoms with Crippen LogP contribution in [0.1, 0.15) is 0 Å². The van der Waals surface area contributed by atoms with Crippen LogP contribution < -0.4 is 22.2 Å². The maximum atomic E-state index is 12.8. The maximum absolute atomic E-state index is 12.8. The van der Waals surface area contributed by atoms with Crippen molar-refractivity contribution in [2.45, 2.75) is 0 Å². The van der Waals surface area contributed by atoms with Gasteiger partial charge in [-0.25, -0.2) is 9.13 Å². The van der Waals surface area contributed by atoms with Crippen molar-refractivity contribution in [1.82, 2.24) is 19.1 Å². The van der Waals surface area contributed by atoms with Crippen LogP contribution in [0.5, 0.6) is 0 Å². The summed E-state index contributed by atoms with van der Waals surface area (Å²) in [6.45, 7) is 0. The molecule has 0 amide bonds. The summed E-state index contributed by atoms with van der Waals surface area (Å²) < 4.78 is 2.02. The molecule has 0 N–H and O–H groups in total. The molecule has 0 aliphatic rings. The molecule has 0 radical (unpaired) electrons. The van der Waals surface area contributed by atoms with Crippen LogP contribution in [-0.4, -0.2) is 19.1 Å². The molecule has 28 heavy (non-hydrogen) atoms. The average Bonchev–Trinajstić information content (AvgIpc) is 3.12. The van der Waals surface area contributed by atoms with E-state index in [0.717, 1.165) is 9.13 Å².